The Morgan fingerprint density at radius 2 is 1.71 bits per heavy atom. The Kier molecular flexibility index (Phi) is 5.79. The predicted octanol–water partition coefficient (Wildman–Crippen LogP) is 3.51. The number of aromatic hydroxyl groups is 1. The normalized spacial score (nSPS) is 11.8. The second kappa shape index (κ2) is 8.26. The summed E-state index contributed by atoms with van der Waals surface area (Å²) in [6, 6.07) is 13.5. The summed E-state index contributed by atoms with van der Waals surface area (Å²) in [5, 5.41) is 20.8. The van der Waals surface area contributed by atoms with E-state index in [9.17, 15) is 14.7 Å². The fraction of sp³-hybridized carbons (Fsp3) is 0.200. The summed E-state index contributed by atoms with van der Waals surface area (Å²) in [6.45, 7) is 3.29. The van der Waals surface area contributed by atoms with Crippen LogP contribution in [0.1, 0.15) is 24.2 Å². The van der Waals surface area contributed by atoms with Gasteiger partial charge in [-0.3, -0.25) is 9.59 Å². The van der Waals surface area contributed by atoms with Crippen LogP contribution in [0.15, 0.2) is 53.7 Å². The summed E-state index contributed by atoms with van der Waals surface area (Å²) in [4.78, 5) is 23.8. The molecule has 0 radical (unpaired) electrons. The maximum atomic E-state index is 12.5. The number of nitrogens with zero attached hydrogens (tertiary/aromatic N) is 3. The molecular weight excluding hydrogens is 376 g/mol. The van der Waals surface area contributed by atoms with Gasteiger partial charge in [-0.05, 0) is 62.4 Å². The fourth-order valence-corrected chi connectivity index (χ4v) is 3.34. The van der Waals surface area contributed by atoms with Crippen LogP contribution >= 0.6 is 11.8 Å². The zero-order chi connectivity index (χ0) is 20.3. The van der Waals surface area contributed by atoms with Crippen molar-refractivity contribution in [3.05, 3.63) is 54.1 Å². The van der Waals surface area contributed by atoms with Crippen LogP contribution in [0, 0.1) is 0 Å². The summed E-state index contributed by atoms with van der Waals surface area (Å²) < 4.78 is 1.81. The molecule has 0 saturated carbocycles. The van der Waals surface area contributed by atoms with Gasteiger partial charge in [0.05, 0.1) is 5.25 Å². The first-order valence-corrected chi connectivity index (χ1v) is 9.50. The van der Waals surface area contributed by atoms with Crippen molar-refractivity contribution in [3.63, 3.8) is 0 Å². The summed E-state index contributed by atoms with van der Waals surface area (Å²) in [6.07, 6.45) is 0. The molecule has 0 aliphatic carbocycles. The average molecular weight is 396 g/mol. The molecule has 1 unspecified atom stereocenters. The molecule has 1 atom stereocenters. The lowest BCUT2D eigenvalue weighted by molar-refractivity contribution is -0.115. The van der Waals surface area contributed by atoms with E-state index in [0.717, 1.165) is 5.56 Å². The Balaban J connectivity index is 1.67. The number of hydrogen-bond acceptors (Lipinski definition) is 6. The van der Waals surface area contributed by atoms with E-state index in [1.807, 2.05) is 11.6 Å². The van der Waals surface area contributed by atoms with E-state index in [2.05, 4.69) is 15.5 Å². The molecule has 2 N–H and O–H groups in total. The number of phenols is 1. The Morgan fingerprint density at radius 1 is 1.07 bits per heavy atom. The fourth-order valence-electron chi connectivity index (χ4n) is 2.52. The maximum absolute atomic E-state index is 12.5. The number of Topliss-reactive ketones (excluding diaryl/α,β-unsaturated/α-hetero) is 1. The second-order valence-electron chi connectivity index (χ2n) is 6.29. The van der Waals surface area contributed by atoms with Gasteiger partial charge in [0.2, 0.25) is 5.91 Å². The van der Waals surface area contributed by atoms with Crippen molar-refractivity contribution < 1.29 is 14.7 Å². The number of anilines is 1. The molecule has 1 aromatic heterocycles. The molecule has 3 rings (SSSR count). The zero-order valence-electron chi connectivity index (χ0n) is 15.7. The Morgan fingerprint density at radius 3 is 2.32 bits per heavy atom. The maximum Gasteiger partial charge on any atom is 0.237 e. The van der Waals surface area contributed by atoms with Gasteiger partial charge in [0.1, 0.15) is 5.75 Å². The molecule has 3 aromatic rings. The summed E-state index contributed by atoms with van der Waals surface area (Å²) in [5.74, 6) is 0.639. The van der Waals surface area contributed by atoms with Crippen molar-refractivity contribution in [1.29, 1.82) is 0 Å². The highest BCUT2D eigenvalue weighted by atomic mass is 32.2. The molecule has 2 aromatic carbocycles. The number of thioether (sulfide) groups is 1. The van der Waals surface area contributed by atoms with Crippen LogP contribution in [-0.2, 0) is 11.8 Å². The number of carbonyl (C=O) groups excluding carboxylic acids is 2. The molecule has 1 amide bonds. The van der Waals surface area contributed by atoms with Gasteiger partial charge < -0.3 is 15.0 Å². The van der Waals surface area contributed by atoms with Gasteiger partial charge in [-0.15, -0.1) is 10.2 Å². The molecule has 0 aliphatic heterocycles. The number of benzene rings is 2. The highest BCUT2D eigenvalue weighted by molar-refractivity contribution is 8.00. The first kappa shape index (κ1) is 19.6. The van der Waals surface area contributed by atoms with Crippen molar-refractivity contribution in [2.45, 2.75) is 24.3 Å². The van der Waals surface area contributed by atoms with E-state index in [1.54, 1.807) is 55.5 Å². The lowest BCUT2D eigenvalue weighted by Gasteiger charge is -2.12. The standard InChI is InChI=1S/C20H20N4O3S/c1-12(25)14-4-8-16(9-5-14)21-19(27)13(2)28-20-23-22-18(24(20)3)15-6-10-17(26)11-7-15/h4-11,13,26H,1-3H3,(H,21,27). The van der Waals surface area contributed by atoms with Crippen molar-refractivity contribution in [2.24, 2.45) is 7.05 Å². The number of phenolic OH excluding ortho intramolecular Hbond substituents is 1. The quantitative estimate of drug-likeness (QED) is 0.489. The molecule has 0 aliphatic rings. The minimum Gasteiger partial charge on any atom is -0.508 e. The molecule has 1 heterocycles. The Hall–Kier alpha value is -3.13. The smallest absolute Gasteiger partial charge is 0.237 e. The topological polar surface area (TPSA) is 97.1 Å². The minimum atomic E-state index is -0.400. The largest absolute Gasteiger partial charge is 0.508 e. The monoisotopic (exact) mass is 396 g/mol. The van der Waals surface area contributed by atoms with Gasteiger partial charge in [0, 0.05) is 23.9 Å². The van der Waals surface area contributed by atoms with Crippen molar-refractivity contribution in [1.82, 2.24) is 14.8 Å². The van der Waals surface area contributed by atoms with Crippen molar-refractivity contribution >= 4 is 29.1 Å². The number of nitrogens with one attached hydrogen (secondary N) is 1. The van der Waals surface area contributed by atoms with Gasteiger partial charge in [0.25, 0.3) is 0 Å². The van der Waals surface area contributed by atoms with Gasteiger partial charge in [0.15, 0.2) is 16.8 Å². The number of amides is 1. The van der Waals surface area contributed by atoms with Gasteiger partial charge in [-0.1, -0.05) is 11.8 Å². The Labute approximate surface area is 166 Å². The number of carbonyl (C=O) groups is 2. The highest BCUT2D eigenvalue weighted by Gasteiger charge is 2.19. The van der Waals surface area contributed by atoms with Gasteiger partial charge >= 0.3 is 0 Å². The third kappa shape index (κ3) is 4.40. The lowest BCUT2D eigenvalue weighted by Crippen LogP contribution is -2.22. The van der Waals surface area contributed by atoms with E-state index in [4.69, 9.17) is 0 Å². The van der Waals surface area contributed by atoms with E-state index in [1.165, 1.54) is 18.7 Å². The molecule has 0 fully saturated rings. The summed E-state index contributed by atoms with van der Waals surface area (Å²) >= 11 is 1.30. The van der Waals surface area contributed by atoms with Gasteiger partial charge in [-0.2, -0.15) is 0 Å². The van der Waals surface area contributed by atoms with E-state index in [-0.39, 0.29) is 17.4 Å². The van der Waals surface area contributed by atoms with Crippen LogP contribution in [0.5, 0.6) is 5.75 Å². The number of rotatable bonds is 6. The molecular formula is C20H20N4O3S. The first-order valence-electron chi connectivity index (χ1n) is 8.62. The number of aromatic nitrogens is 3. The summed E-state index contributed by atoms with van der Waals surface area (Å²) in [5.41, 5.74) is 2.05. The average Bonchev–Trinajstić information content (AvgIpc) is 3.03. The molecule has 8 heteroatoms. The van der Waals surface area contributed by atoms with Crippen LogP contribution in [0.2, 0.25) is 0 Å². The SMILES string of the molecule is CC(=O)c1ccc(NC(=O)C(C)Sc2nnc(-c3ccc(O)cc3)n2C)cc1. The third-order valence-electron chi connectivity index (χ3n) is 4.17. The lowest BCUT2D eigenvalue weighted by atomic mass is 10.1. The van der Waals surface area contributed by atoms with Crippen molar-refractivity contribution in [2.75, 3.05) is 5.32 Å². The molecule has 7 nitrogen and oxygen atoms in total. The third-order valence-corrected chi connectivity index (χ3v) is 5.30. The second-order valence-corrected chi connectivity index (χ2v) is 7.60. The Bertz CT molecular complexity index is 997. The molecule has 28 heavy (non-hydrogen) atoms. The number of ketones is 1. The predicted molar refractivity (Wildman–Crippen MR) is 108 cm³/mol. The molecule has 0 spiro atoms. The van der Waals surface area contributed by atoms with Crippen molar-refractivity contribution in [3.8, 4) is 17.1 Å². The molecule has 0 saturated heterocycles. The summed E-state index contributed by atoms with van der Waals surface area (Å²) in [7, 11) is 1.83. The van der Waals surface area contributed by atoms with Crippen LogP contribution in [0.4, 0.5) is 5.69 Å². The van der Waals surface area contributed by atoms with Crippen LogP contribution < -0.4 is 5.32 Å². The van der Waals surface area contributed by atoms with E-state index in [0.29, 0.717) is 22.2 Å². The minimum absolute atomic E-state index is 0.0199. The van der Waals surface area contributed by atoms with Crippen LogP contribution in [0.25, 0.3) is 11.4 Å². The molecule has 144 valence electrons. The number of hydrogen-bond donors (Lipinski definition) is 2. The molecule has 0 bridgehead atoms. The first-order chi connectivity index (χ1) is 13.3. The highest BCUT2D eigenvalue weighted by Crippen LogP contribution is 2.27. The van der Waals surface area contributed by atoms with E-state index >= 15 is 0 Å². The van der Waals surface area contributed by atoms with Crippen LogP contribution in [0.3, 0.4) is 0 Å². The van der Waals surface area contributed by atoms with Crippen LogP contribution in [-0.4, -0.2) is 36.8 Å². The van der Waals surface area contributed by atoms with Gasteiger partial charge in [-0.25, -0.2) is 0 Å². The zero-order valence-corrected chi connectivity index (χ0v) is 16.5. The van der Waals surface area contributed by atoms with E-state index < -0.39 is 5.25 Å².